The van der Waals surface area contributed by atoms with Gasteiger partial charge in [0.15, 0.2) is 15.0 Å². The number of aryl methyl sites for hydroxylation is 2. The third-order valence-corrected chi connectivity index (χ3v) is 7.89. The van der Waals surface area contributed by atoms with Crippen molar-refractivity contribution in [1.29, 1.82) is 0 Å². The number of rotatable bonds is 6. The van der Waals surface area contributed by atoms with Gasteiger partial charge in [-0.3, -0.25) is 14.5 Å². The largest absolute Gasteiger partial charge is 0.325 e. The molecule has 1 fully saturated rings. The predicted octanol–water partition coefficient (Wildman–Crippen LogP) is 3.61. The van der Waals surface area contributed by atoms with Gasteiger partial charge in [0.1, 0.15) is 0 Å². The zero-order valence-corrected chi connectivity index (χ0v) is 21.1. The number of hydrogen-bond acceptors (Lipinski definition) is 7. The summed E-state index contributed by atoms with van der Waals surface area (Å²) in [6.07, 6.45) is 2.48. The van der Waals surface area contributed by atoms with E-state index in [2.05, 4.69) is 26.6 Å². The monoisotopic (exact) mass is 500 g/mol. The molecule has 0 atom stereocenters. The third-order valence-electron chi connectivity index (χ3n) is 5.85. The quantitative estimate of drug-likeness (QED) is 0.535. The summed E-state index contributed by atoms with van der Waals surface area (Å²) in [6, 6.07) is 10.7. The number of carbonyl (C=O) groups excluding carboxylic acids is 2. The highest BCUT2D eigenvalue weighted by Gasteiger charge is 2.26. The third kappa shape index (κ3) is 5.99. The van der Waals surface area contributed by atoms with Crippen LogP contribution in [0.15, 0.2) is 41.3 Å². The Bertz CT molecular complexity index is 1320. The van der Waals surface area contributed by atoms with Crippen molar-refractivity contribution in [2.24, 2.45) is 5.92 Å². The van der Waals surface area contributed by atoms with Gasteiger partial charge in [0.25, 0.3) is 0 Å². The Balaban J connectivity index is 1.29. The van der Waals surface area contributed by atoms with Crippen LogP contribution in [0.2, 0.25) is 0 Å². The minimum absolute atomic E-state index is 0.0594. The summed E-state index contributed by atoms with van der Waals surface area (Å²) in [5.74, 6) is -0.310. The number of likely N-dealkylation sites (tertiary alicyclic amines) is 1. The van der Waals surface area contributed by atoms with Gasteiger partial charge in [-0.25, -0.2) is 13.4 Å². The van der Waals surface area contributed by atoms with Crippen molar-refractivity contribution >= 4 is 54.0 Å². The first-order valence-corrected chi connectivity index (χ1v) is 13.8. The van der Waals surface area contributed by atoms with Crippen molar-refractivity contribution in [1.82, 2.24) is 9.88 Å². The van der Waals surface area contributed by atoms with Gasteiger partial charge in [-0.2, -0.15) is 0 Å². The van der Waals surface area contributed by atoms with E-state index in [0.29, 0.717) is 47.8 Å². The summed E-state index contributed by atoms with van der Waals surface area (Å²) in [6.45, 7) is 5.62. The standard InChI is InChI=1S/C24H28N4O4S2/c1-15-10-16(2)12-18(11-15)25-22(29)14-28-8-6-17(7-9-28)23(30)27-24-26-20-5-4-19(34(3,31)32)13-21(20)33-24/h4-5,10-13,17H,6-9,14H2,1-3H3,(H,25,29)(H,26,27,30). The summed E-state index contributed by atoms with van der Waals surface area (Å²) in [5.41, 5.74) is 3.66. The molecule has 2 N–H and O–H groups in total. The summed E-state index contributed by atoms with van der Waals surface area (Å²) in [4.78, 5) is 31.9. The molecule has 1 aliphatic heterocycles. The van der Waals surface area contributed by atoms with Gasteiger partial charge in [-0.05, 0) is 81.2 Å². The molecule has 180 valence electrons. The van der Waals surface area contributed by atoms with E-state index < -0.39 is 9.84 Å². The second kappa shape index (κ2) is 9.81. The molecular formula is C24H28N4O4S2. The first kappa shape index (κ1) is 24.3. The molecule has 10 heteroatoms. The molecule has 0 unspecified atom stereocenters. The number of hydrogen-bond donors (Lipinski definition) is 2. The number of piperidine rings is 1. The molecule has 1 saturated heterocycles. The van der Waals surface area contributed by atoms with Crippen LogP contribution in [0.1, 0.15) is 24.0 Å². The van der Waals surface area contributed by atoms with Crippen LogP contribution < -0.4 is 10.6 Å². The molecule has 0 aliphatic carbocycles. The zero-order chi connectivity index (χ0) is 24.5. The van der Waals surface area contributed by atoms with E-state index in [0.717, 1.165) is 23.1 Å². The molecule has 2 heterocycles. The van der Waals surface area contributed by atoms with Gasteiger partial charge < -0.3 is 10.6 Å². The van der Waals surface area contributed by atoms with E-state index in [1.165, 1.54) is 17.4 Å². The van der Waals surface area contributed by atoms with Crippen LogP contribution in [-0.2, 0) is 19.4 Å². The molecule has 0 bridgehead atoms. The highest BCUT2D eigenvalue weighted by Crippen LogP contribution is 2.29. The Kier molecular flexibility index (Phi) is 7.01. The van der Waals surface area contributed by atoms with Crippen molar-refractivity contribution in [3.8, 4) is 0 Å². The van der Waals surface area contributed by atoms with Crippen molar-refractivity contribution in [3.05, 3.63) is 47.5 Å². The van der Waals surface area contributed by atoms with E-state index in [1.807, 2.05) is 26.0 Å². The second-order valence-electron chi connectivity index (χ2n) is 8.88. The van der Waals surface area contributed by atoms with Gasteiger partial charge in [0, 0.05) is 17.9 Å². The van der Waals surface area contributed by atoms with Crippen LogP contribution in [0, 0.1) is 19.8 Å². The average Bonchev–Trinajstić information content (AvgIpc) is 3.14. The van der Waals surface area contributed by atoms with Gasteiger partial charge in [-0.15, -0.1) is 0 Å². The van der Waals surface area contributed by atoms with Crippen molar-refractivity contribution < 1.29 is 18.0 Å². The van der Waals surface area contributed by atoms with E-state index in [9.17, 15) is 18.0 Å². The fourth-order valence-electron chi connectivity index (χ4n) is 4.20. The lowest BCUT2D eigenvalue weighted by Gasteiger charge is -2.30. The molecule has 0 spiro atoms. The Hall–Kier alpha value is -2.82. The lowest BCUT2D eigenvalue weighted by molar-refractivity contribution is -0.121. The lowest BCUT2D eigenvalue weighted by atomic mass is 9.96. The number of aromatic nitrogens is 1. The molecular weight excluding hydrogens is 472 g/mol. The van der Waals surface area contributed by atoms with E-state index in [4.69, 9.17) is 0 Å². The zero-order valence-electron chi connectivity index (χ0n) is 19.4. The fourth-order valence-corrected chi connectivity index (χ4v) is 5.83. The molecule has 8 nitrogen and oxygen atoms in total. The molecule has 3 aromatic rings. The van der Waals surface area contributed by atoms with Gasteiger partial charge in [-0.1, -0.05) is 17.4 Å². The van der Waals surface area contributed by atoms with Crippen LogP contribution in [0.3, 0.4) is 0 Å². The number of amides is 2. The number of nitrogens with one attached hydrogen (secondary N) is 2. The normalized spacial score (nSPS) is 15.4. The van der Waals surface area contributed by atoms with E-state index in [1.54, 1.807) is 12.1 Å². The molecule has 2 aromatic carbocycles. The number of nitrogens with zero attached hydrogens (tertiary/aromatic N) is 2. The van der Waals surface area contributed by atoms with E-state index in [-0.39, 0.29) is 22.6 Å². The molecule has 34 heavy (non-hydrogen) atoms. The van der Waals surface area contributed by atoms with Crippen LogP contribution in [0.25, 0.3) is 10.2 Å². The van der Waals surface area contributed by atoms with Crippen molar-refractivity contribution in [3.63, 3.8) is 0 Å². The number of benzene rings is 2. The number of thiazole rings is 1. The number of fused-ring (bicyclic) bond motifs is 1. The van der Waals surface area contributed by atoms with E-state index >= 15 is 0 Å². The summed E-state index contributed by atoms with van der Waals surface area (Å²) in [7, 11) is -3.30. The van der Waals surface area contributed by atoms with Crippen LogP contribution in [-0.4, -0.2) is 56.0 Å². The molecule has 4 rings (SSSR count). The lowest BCUT2D eigenvalue weighted by Crippen LogP contribution is -2.41. The minimum atomic E-state index is -3.30. The number of anilines is 2. The van der Waals surface area contributed by atoms with Crippen LogP contribution >= 0.6 is 11.3 Å². The first-order chi connectivity index (χ1) is 16.1. The molecule has 2 amide bonds. The Morgan fingerprint density at radius 2 is 1.74 bits per heavy atom. The molecule has 1 aromatic heterocycles. The predicted molar refractivity (Wildman–Crippen MR) is 135 cm³/mol. The van der Waals surface area contributed by atoms with Crippen molar-refractivity contribution in [2.75, 3.05) is 36.5 Å². The number of carbonyl (C=O) groups is 2. The van der Waals surface area contributed by atoms with Gasteiger partial charge in [0.2, 0.25) is 11.8 Å². The molecule has 0 saturated carbocycles. The summed E-state index contributed by atoms with van der Waals surface area (Å²) in [5, 5.41) is 6.30. The second-order valence-corrected chi connectivity index (χ2v) is 11.9. The topological polar surface area (TPSA) is 108 Å². The Morgan fingerprint density at radius 3 is 2.38 bits per heavy atom. The fraction of sp³-hybridized carbons (Fsp3) is 0.375. The highest BCUT2D eigenvalue weighted by molar-refractivity contribution is 7.90. The SMILES string of the molecule is Cc1cc(C)cc(NC(=O)CN2CCC(C(=O)Nc3nc4ccc(S(C)(=O)=O)cc4s3)CC2)c1. The van der Waals surface area contributed by atoms with Crippen LogP contribution in [0.4, 0.5) is 10.8 Å². The minimum Gasteiger partial charge on any atom is -0.325 e. The highest BCUT2D eigenvalue weighted by atomic mass is 32.2. The maximum Gasteiger partial charge on any atom is 0.238 e. The molecule has 0 radical (unpaired) electrons. The smallest absolute Gasteiger partial charge is 0.238 e. The summed E-state index contributed by atoms with van der Waals surface area (Å²) < 4.78 is 24.2. The number of sulfone groups is 1. The Labute approximate surface area is 203 Å². The molecule has 1 aliphatic rings. The Morgan fingerprint density at radius 1 is 1.06 bits per heavy atom. The van der Waals surface area contributed by atoms with Gasteiger partial charge >= 0.3 is 0 Å². The van der Waals surface area contributed by atoms with Crippen LogP contribution in [0.5, 0.6) is 0 Å². The summed E-state index contributed by atoms with van der Waals surface area (Å²) >= 11 is 1.26. The van der Waals surface area contributed by atoms with Gasteiger partial charge in [0.05, 0.1) is 21.7 Å². The maximum absolute atomic E-state index is 12.8. The van der Waals surface area contributed by atoms with Crippen molar-refractivity contribution in [2.45, 2.75) is 31.6 Å². The first-order valence-electron chi connectivity index (χ1n) is 11.1. The average molecular weight is 501 g/mol. The maximum atomic E-state index is 12.8.